The minimum Gasteiger partial charge on any atom is -0.508 e. The first-order valence-electron chi connectivity index (χ1n) is 4.97. The molecule has 0 bridgehead atoms. The molecule has 0 radical (unpaired) electrons. The molecule has 16 heavy (non-hydrogen) atoms. The van der Waals surface area contributed by atoms with Gasteiger partial charge in [0.2, 0.25) is 0 Å². The van der Waals surface area contributed by atoms with Crippen molar-refractivity contribution >= 4 is 11.4 Å². The fourth-order valence-electron chi connectivity index (χ4n) is 1.41. The molecule has 2 aromatic rings. The van der Waals surface area contributed by atoms with Crippen LogP contribution in [0.3, 0.4) is 0 Å². The molecule has 1 aromatic carbocycles. The molecule has 0 aliphatic rings. The molecule has 0 atom stereocenters. The molecule has 4 N–H and O–H groups in total. The molecule has 2 rings (SSSR count). The summed E-state index contributed by atoms with van der Waals surface area (Å²) in [6.07, 6.45) is 3.33. The molecule has 0 spiro atoms. The van der Waals surface area contributed by atoms with E-state index < -0.39 is 0 Å². The van der Waals surface area contributed by atoms with Crippen molar-refractivity contribution in [1.82, 2.24) is 4.98 Å². The largest absolute Gasteiger partial charge is 0.508 e. The van der Waals surface area contributed by atoms with Gasteiger partial charge in [-0.2, -0.15) is 0 Å². The van der Waals surface area contributed by atoms with Crippen molar-refractivity contribution in [3.8, 4) is 5.75 Å². The normalized spacial score (nSPS) is 10.0. The van der Waals surface area contributed by atoms with Gasteiger partial charge in [0.25, 0.3) is 0 Å². The Balaban J connectivity index is 2.05. The topological polar surface area (TPSA) is 71.2 Å². The Morgan fingerprint density at radius 2 is 2.19 bits per heavy atom. The van der Waals surface area contributed by atoms with E-state index in [0.29, 0.717) is 12.2 Å². The predicted molar refractivity (Wildman–Crippen MR) is 64.1 cm³/mol. The average Bonchev–Trinajstić information content (AvgIpc) is 2.28. The minimum atomic E-state index is 0.243. The highest BCUT2D eigenvalue weighted by Crippen LogP contribution is 2.17. The summed E-state index contributed by atoms with van der Waals surface area (Å²) in [6.45, 7) is 0.609. The maximum Gasteiger partial charge on any atom is 0.117 e. The Bertz CT molecular complexity index is 485. The Kier molecular flexibility index (Phi) is 2.91. The molecule has 0 amide bonds. The first-order valence-corrected chi connectivity index (χ1v) is 4.97. The van der Waals surface area contributed by atoms with E-state index in [1.54, 1.807) is 30.6 Å². The minimum absolute atomic E-state index is 0.243. The summed E-state index contributed by atoms with van der Waals surface area (Å²) in [7, 11) is 0. The predicted octanol–water partition coefficient (Wildman–Crippen LogP) is 1.98. The number of aromatic hydroxyl groups is 1. The van der Waals surface area contributed by atoms with Gasteiger partial charge < -0.3 is 16.2 Å². The van der Waals surface area contributed by atoms with E-state index in [2.05, 4.69) is 10.3 Å². The first kappa shape index (κ1) is 10.3. The van der Waals surface area contributed by atoms with Gasteiger partial charge in [0.1, 0.15) is 5.75 Å². The highest BCUT2D eigenvalue weighted by atomic mass is 16.3. The zero-order valence-corrected chi connectivity index (χ0v) is 8.72. The Hall–Kier alpha value is -2.23. The number of aromatic nitrogens is 1. The van der Waals surface area contributed by atoms with Crippen molar-refractivity contribution in [2.75, 3.05) is 11.1 Å². The van der Waals surface area contributed by atoms with Gasteiger partial charge in [0.05, 0.1) is 11.9 Å². The Morgan fingerprint density at radius 3 is 2.94 bits per heavy atom. The smallest absolute Gasteiger partial charge is 0.117 e. The summed E-state index contributed by atoms with van der Waals surface area (Å²) in [4.78, 5) is 3.92. The van der Waals surface area contributed by atoms with Gasteiger partial charge in [-0.25, -0.2) is 0 Å². The van der Waals surface area contributed by atoms with Crippen LogP contribution < -0.4 is 11.1 Å². The number of nitrogens with zero attached hydrogens (tertiary/aromatic N) is 1. The van der Waals surface area contributed by atoms with Gasteiger partial charge in [-0.05, 0) is 23.8 Å². The van der Waals surface area contributed by atoms with Gasteiger partial charge in [-0.3, -0.25) is 4.98 Å². The SMILES string of the molecule is Nc1cnccc1CNc1cccc(O)c1. The Labute approximate surface area is 93.8 Å². The second-order valence-electron chi connectivity index (χ2n) is 3.48. The lowest BCUT2D eigenvalue weighted by Gasteiger charge is -2.08. The van der Waals surface area contributed by atoms with Crippen molar-refractivity contribution < 1.29 is 5.11 Å². The summed E-state index contributed by atoms with van der Waals surface area (Å²) in [5.74, 6) is 0.243. The standard InChI is InChI=1S/C12H13N3O/c13-12-8-14-5-4-9(12)7-15-10-2-1-3-11(16)6-10/h1-6,8,15-16H,7,13H2. The number of anilines is 2. The summed E-state index contributed by atoms with van der Waals surface area (Å²) < 4.78 is 0. The molecule has 82 valence electrons. The van der Waals surface area contributed by atoms with Crippen LogP contribution >= 0.6 is 0 Å². The molecule has 4 nitrogen and oxygen atoms in total. The number of pyridine rings is 1. The van der Waals surface area contributed by atoms with Gasteiger partial charge in [0.15, 0.2) is 0 Å². The number of hydrogen-bond acceptors (Lipinski definition) is 4. The number of benzene rings is 1. The molecule has 0 saturated heterocycles. The lowest BCUT2D eigenvalue weighted by molar-refractivity contribution is 0.475. The molecule has 0 unspecified atom stereocenters. The summed E-state index contributed by atoms with van der Waals surface area (Å²) >= 11 is 0. The van der Waals surface area contributed by atoms with Crippen molar-refractivity contribution in [2.45, 2.75) is 6.54 Å². The molecule has 0 aliphatic carbocycles. The molecular formula is C12H13N3O. The van der Waals surface area contributed by atoms with Gasteiger partial charge in [-0.15, -0.1) is 0 Å². The van der Waals surface area contributed by atoms with Crippen LogP contribution in [-0.2, 0) is 6.54 Å². The van der Waals surface area contributed by atoms with E-state index in [0.717, 1.165) is 11.3 Å². The van der Waals surface area contributed by atoms with Crippen LogP contribution in [0.25, 0.3) is 0 Å². The monoisotopic (exact) mass is 215 g/mol. The first-order chi connectivity index (χ1) is 7.75. The quantitative estimate of drug-likeness (QED) is 0.732. The van der Waals surface area contributed by atoms with Crippen LogP contribution in [0.1, 0.15) is 5.56 Å². The summed E-state index contributed by atoms with van der Waals surface area (Å²) in [5, 5.41) is 12.5. The second-order valence-corrected chi connectivity index (χ2v) is 3.48. The second kappa shape index (κ2) is 4.53. The molecule has 0 saturated carbocycles. The van der Waals surface area contributed by atoms with E-state index in [1.165, 1.54) is 0 Å². The zero-order chi connectivity index (χ0) is 11.4. The molecule has 0 aliphatic heterocycles. The number of rotatable bonds is 3. The van der Waals surface area contributed by atoms with Crippen molar-refractivity contribution in [3.63, 3.8) is 0 Å². The number of nitrogen functional groups attached to an aromatic ring is 1. The fraction of sp³-hybridized carbons (Fsp3) is 0.0833. The van der Waals surface area contributed by atoms with E-state index in [1.807, 2.05) is 12.1 Å². The number of hydrogen-bond donors (Lipinski definition) is 3. The third-order valence-corrected chi connectivity index (χ3v) is 2.28. The molecule has 1 heterocycles. The number of nitrogens with two attached hydrogens (primary N) is 1. The van der Waals surface area contributed by atoms with E-state index in [-0.39, 0.29) is 5.75 Å². The summed E-state index contributed by atoms with van der Waals surface area (Å²) in [5.41, 5.74) is 8.27. The van der Waals surface area contributed by atoms with Crippen molar-refractivity contribution in [1.29, 1.82) is 0 Å². The van der Waals surface area contributed by atoms with Crippen LogP contribution in [0.2, 0.25) is 0 Å². The van der Waals surface area contributed by atoms with Crippen molar-refractivity contribution in [3.05, 3.63) is 48.3 Å². The van der Waals surface area contributed by atoms with Gasteiger partial charge in [-0.1, -0.05) is 6.07 Å². The summed E-state index contributed by atoms with van der Waals surface area (Å²) in [6, 6.07) is 8.83. The van der Waals surface area contributed by atoms with E-state index in [4.69, 9.17) is 5.73 Å². The van der Waals surface area contributed by atoms with Crippen LogP contribution in [0.5, 0.6) is 5.75 Å². The zero-order valence-electron chi connectivity index (χ0n) is 8.72. The maximum atomic E-state index is 9.29. The van der Waals surface area contributed by atoms with Gasteiger partial charge in [0, 0.05) is 24.5 Å². The highest BCUT2D eigenvalue weighted by molar-refractivity contribution is 5.51. The third kappa shape index (κ3) is 2.42. The fourth-order valence-corrected chi connectivity index (χ4v) is 1.41. The van der Waals surface area contributed by atoms with E-state index in [9.17, 15) is 5.11 Å². The number of phenolic OH excluding ortho intramolecular Hbond substituents is 1. The third-order valence-electron chi connectivity index (χ3n) is 2.28. The van der Waals surface area contributed by atoms with Crippen LogP contribution in [-0.4, -0.2) is 10.1 Å². The van der Waals surface area contributed by atoms with Crippen LogP contribution in [0.15, 0.2) is 42.7 Å². The van der Waals surface area contributed by atoms with Crippen LogP contribution in [0.4, 0.5) is 11.4 Å². The highest BCUT2D eigenvalue weighted by Gasteiger charge is 1.98. The van der Waals surface area contributed by atoms with Crippen molar-refractivity contribution in [2.24, 2.45) is 0 Å². The molecule has 4 heteroatoms. The maximum absolute atomic E-state index is 9.29. The lowest BCUT2D eigenvalue weighted by Crippen LogP contribution is -2.02. The Morgan fingerprint density at radius 1 is 1.31 bits per heavy atom. The van der Waals surface area contributed by atoms with Crippen LogP contribution in [0, 0.1) is 0 Å². The van der Waals surface area contributed by atoms with E-state index >= 15 is 0 Å². The average molecular weight is 215 g/mol. The molecule has 0 fully saturated rings. The van der Waals surface area contributed by atoms with Gasteiger partial charge >= 0.3 is 0 Å². The number of nitrogens with one attached hydrogen (secondary N) is 1. The molecule has 1 aromatic heterocycles. The lowest BCUT2D eigenvalue weighted by atomic mass is 10.2. The molecular weight excluding hydrogens is 202 g/mol. The number of phenols is 1.